The van der Waals surface area contributed by atoms with Crippen LogP contribution in [0.25, 0.3) is 21.5 Å². The SMILES string of the molecule is C=[N+](c1cnn(C)c1)c1nc(-c2cnn(C3(CC#N)CN(S(C)(=O)=O)C3)c2)c2sccc2n1. The van der Waals surface area contributed by atoms with Gasteiger partial charge in [0.1, 0.15) is 15.9 Å². The first kappa shape index (κ1) is 21.4. The lowest BCUT2D eigenvalue weighted by Gasteiger charge is -2.47. The van der Waals surface area contributed by atoms with Crippen molar-refractivity contribution in [3.8, 4) is 17.3 Å². The first-order chi connectivity index (χ1) is 15.7. The molecular formula is C20H20N9O2S2+. The molecule has 0 aromatic carbocycles. The number of thiophene rings is 1. The molecule has 1 aliphatic heterocycles. The minimum atomic E-state index is -3.33. The van der Waals surface area contributed by atoms with Crippen LogP contribution in [0.4, 0.5) is 11.6 Å². The number of aryl methyl sites for hydroxylation is 1. The number of nitriles is 1. The highest BCUT2D eigenvalue weighted by atomic mass is 32.2. The van der Waals surface area contributed by atoms with Crippen LogP contribution >= 0.6 is 11.3 Å². The lowest BCUT2D eigenvalue weighted by molar-refractivity contribution is 0.0724. The number of hydrogen-bond acceptors (Lipinski definition) is 8. The molecule has 0 saturated carbocycles. The molecule has 0 aliphatic carbocycles. The van der Waals surface area contributed by atoms with Crippen molar-refractivity contribution in [2.75, 3.05) is 19.3 Å². The second-order valence-electron chi connectivity index (χ2n) is 8.07. The summed E-state index contributed by atoms with van der Waals surface area (Å²) in [5, 5.41) is 20.0. The highest BCUT2D eigenvalue weighted by molar-refractivity contribution is 7.88. The van der Waals surface area contributed by atoms with Crippen LogP contribution in [0.2, 0.25) is 0 Å². The number of hydrogen-bond donors (Lipinski definition) is 0. The summed E-state index contributed by atoms with van der Waals surface area (Å²) >= 11 is 1.52. The van der Waals surface area contributed by atoms with E-state index in [1.54, 1.807) is 26.3 Å². The van der Waals surface area contributed by atoms with Crippen molar-refractivity contribution in [1.29, 1.82) is 5.26 Å². The number of nitrogens with zero attached hydrogens (tertiary/aromatic N) is 9. The van der Waals surface area contributed by atoms with Crippen molar-refractivity contribution in [2.45, 2.75) is 12.0 Å². The van der Waals surface area contributed by atoms with Gasteiger partial charge in [-0.15, -0.1) is 11.3 Å². The van der Waals surface area contributed by atoms with Gasteiger partial charge >= 0.3 is 5.95 Å². The maximum atomic E-state index is 11.9. The largest absolute Gasteiger partial charge is 0.438 e. The molecule has 11 nitrogen and oxygen atoms in total. The van der Waals surface area contributed by atoms with E-state index in [0.29, 0.717) is 11.6 Å². The molecular weight excluding hydrogens is 462 g/mol. The normalized spacial score (nSPS) is 15.9. The summed E-state index contributed by atoms with van der Waals surface area (Å²) in [6.45, 7) is 4.49. The Morgan fingerprint density at radius 3 is 2.73 bits per heavy atom. The fourth-order valence-electron chi connectivity index (χ4n) is 3.86. The summed E-state index contributed by atoms with van der Waals surface area (Å²) < 4.78 is 31.0. The third-order valence-electron chi connectivity index (χ3n) is 5.70. The Kier molecular flexibility index (Phi) is 4.89. The van der Waals surface area contributed by atoms with Gasteiger partial charge in [0.25, 0.3) is 0 Å². The molecule has 1 fully saturated rings. The Balaban J connectivity index is 1.55. The summed E-state index contributed by atoms with van der Waals surface area (Å²) in [5.74, 6) is 0.412. The van der Waals surface area contributed by atoms with E-state index in [0.717, 1.165) is 21.5 Å². The quantitative estimate of drug-likeness (QED) is 0.302. The molecule has 13 heteroatoms. The molecule has 5 heterocycles. The third-order valence-corrected chi connectivity index (χ3v) is 7.80. The highest BCUT2D eigenvalue weighted by Crippen LogP contribution is 2.37. The van der Waals surface area contributed by atoms with Gasteiger partial charge in [0.05, 0.1) is 42.9 Å². The summed E-state index contributed by atoms with van der Waals surface area (Å²) in [6, 6.07) is 4.09. The topological polar surface area (TPSA) is 126 Å². The average molecular weight is 483 g/mol. The molecule has 0 atom stereocenters. The molecule has 33 heavy (non-hydrogen) atoms. The molecule has 0 radical (unpaired) electrons. The molecule has 1 aliphatic rings. The molecule has 0 spiro atoms. The van der Waals surface area contributed by atoms with Crippen molar-refractivity contribution in [2.24, 2.45) is 7.05 Å². The molecule has 168 valence electrons. The first-order valence-corrected chi connectivity index (χ1v) is 12.7. The fourth-order valence-corrected chi connectivity index (χ4v) is 5.66. The minimum Gasteiger partial charge on any atom is -0.272 e. The number of sulfonamides is 1. The van der Waals surface area contributed by atoms with Crippen LogP contribution < -0.4 is 4.58 Å². The van der Waals surface area contributed by atoms with Gasteiger partial charge < -0.3 is 0 Å². The van der Waals surface area contributed by atoms with Crippen molar-refractivity contribution < 1.29 is 8.42 Å². The zero-order valence-electron chi connectivity index (χ0n) is 18.0. The van der Waals surface area contributed by atoms with Gasteiger partial charge in [-0.2, -0.15) is 19.8 Å². The number of fused-ring (bicyclic) bond motifs is 1. The summed E-state index contributed by atoms with van der Waals surface area (Å²) in [7, 11) is -1.50. The van der Waals surface area contributed by atoms with Crippen molar-refractivity contribution in [3.63, 3.8) is 0 Å². The number of aromatic nitrogens is 6. The van der Waals surface area contributed by atoms with E-state index in [1.807, 2.05) is 30.9 Å². The second-order valence-corrected chi connectivity index (χ2v) is 11.0. The zero-order chi connectivity index (χ0) is 23.4. The van der Waals surface area contributed by atoms with Crippen LogP contribution in [0.5, 0.6) is 0 Å². The molecule has 4 aromatic rings. The fraction of sp³-hybridized carbons (Fsp3) is 0.300. The van der Waals surface area contributed by atoms with E-state index in [2.05, 4.69) is 28.0 Å². The van der Waals surface area contributed by atoms with Crippen LogP contribution in [0, 0.1) is 11.3 Å². The standard InChI is InChI=1S/C20H20N9O2S2/c1-26-11-15(9-22-26)27(2)19-24-16-4-7-32-18(16)17(25-19)14-8-23-29(10-14)20(5-6-21)12-28(13-20)33(3,30)31/h4,7-11H,2,5,12-13H2,1,3H3/q+1. The first-order valence-electron chi connectivity index (χ1n) is 9.92. The van der Waals surface area contributed by atoms with Gasteiger partial charge in [0.2, 0.25) is 10.0 Å². The van der Waals surface area contributed by atoms with Crippen LogP contribution in [0.3, 0.4) is 0 Å². The van der Waals surface area contributed by atoms with Gasteiger partial charge in [0, 0.05) is 33.1 Å². The van der Waals surface area contributed by atoms with E-state index in [1.165, 1.54) is 21.9 Å². The Morgan fingerprint density at radius 1 is 1.27 bits per heavy atom. The van der Waals surface area contributed by atoms with Gasteiger partial charge in [-0.25, -0.2) is 13.0 Å². The van der Waals surface area contributed by atoms with E-state index in [-0.39, 0.29) is 19.5 Å². The highest BCUT2D eigenvalue weighted by Gasteiger charge is 2.49. The molecule has 5 rings (SSSR count). The molecule has 0 N–H and O–H groups in total. The third kappa shape index (κ3) is 3.62. The van der Waals surface area contributed by atoms with Gasteiger partial charge in [-0.1, -0.05) is 9.97 Å². The Hall–Kier alpha value is -3.47. The van der Waals surface area contributed by atoms with E-state index < -0.39 is 15.6 Å². The summed E-state index contributed by atoms with van der Waals surface area (Å²) in [5.41, 5.74) is 2.27. The van der Waals surface area contributed by atoms with Crippen LogP contribution in [-0.4, -0.2) is 68.3 Å². The minimum absolute atomic E-state index is 0.150. The molecule has 1 saturated heterocycles. The van der Waals surface area contributed by atoms with Crippen LogP contribution in [-0.2, 0) is 22.6 Å². The van der Waals surface area contributed by atoms with Crippen molar-refractivity contribution >= 4 is 49.9 Å². The van der Waals surface area contributed by atoms with Crippen molar-refractivity contribution in [3.05, 3.63) is 36.2 Å². The van der Waals surface area contributed by atoms with Gasteiger partial charge in [-0.05, 0) is 11.4 Å². The van der Waals surface area contributed by atoms with Crippen LogP contribution in [0.1, 0.15) is 6.42 Å². The van der Waals surface area contributed by atoms with Crippen molar-refractivity contribution in [1.82, 2.24) is 38.4 Å². The van der Waals surface area contributed by atoms with E-state index in [9.17, 15) is 13.7 Å². The Labute approximate surface area is 193 Å². The maximum absolute atomic E-state index is 11.9. The summed E-state index contributed by atoms with van der Waals surface area (Å²) in [4.78, 5) is 9.41. The van der Waals surface area contributed by atoms with Gasteiger partial charge in [-0.3, -0.25) is 9.36 Å². The molecule has 0 unspecified atom stereocenters. The second kappa shape index (κ2) is 7.55. The predicted molar refractivity (Wildman–Crippen MR) is 125 cm³/mol. The zero-order valence-corrected chi connectivity index (χ0v) is 19.6. The Bertz CT molecular complexity index is 1530. The number of rotatable bonds is 6. The lowest BCUT2D eigenvalue weighted by Crippen LogP contribution is -2.63. The smallest absolute Gasteiger partial charge is 0.272 e. The van der Waals surface area contributed by atoms with Crippen LogP contribution in [0.15, 0.2) is 36.2 Å². The summed E-state index contributed by atoms with van der Waals surface area (Å²) in [6.07, 6.45) is 8.33. The molecule has 4 aromatic heterocycles. The molecule has 0 amide bonds. The predicted octanol–water partition coefficient (Wildman–Crippen LogP) is 1.71. The Morgan fingerprint density at radius 2 is 2.06 bits per heavy atom. The van der Waals surface area contributed by atoms with E-state index >= 15 is 0 Å². The molecule has 0 bridgehead atoms. The van der Waals surface area contributed by atoms with E-state index in [4.69, 9.17) is 4.98 Å². The van der Waals surface area contributed by atoms with Gasteiger partial charge in [0.15, 0.2) is 11.2 Å². The average Bonchev–Trinajstić information content (AvgIpc) is 3.48. The maximum Gasteiger partial charge on any atom is 0.438 e. The monoisotopic (exact) mass is 482 g/mol. The lowest BCUT2D eigenvalue weighted by atomic mass is 9.89.